The average molecular weight is 233 g/mol. The summed E-state index contributed by atoms with van der Waals surface area (Å²) in [6, 6.07) is 3.12. The summed E-state index contributed by atoms with van der Waals surface area (Å²) in [5.74, 6) is -0.786. The quantitative estimate of drug-likeness (QED) is 0.781. The number of rotatable bonds is 2. The van der Waals surface area contributed by atoms with Crippen LogP contribution < -0.4 is 5.73 Å². The minimum absolute atomic E-state index is 0.127. The zero-order valence-corrected chi connectivity index (χ0v) is 8.39. The molecule has 0 bridgehead atoms. The average Bonchev–Trinajstić information content (AvgIpc) is 2.94. The third-order valence-corrected chi connectivity index (χ3v) is 2.95. The van der Waals surface area contributed by atoms with Crippen LogP contribution >= 0.6 is 0 Å². The van der Waals surface area contributed by atoms with E-state index in [1.165, 1.54) is 6.07 Å². The highest BCUT2D eigenvalue weighted by Gasteiger charge is 2.39. The summed E-state index contributed by atoms with van der Waals surface area (Å²) in [5, 5.41) is 0. The molecule has 1 aromatic carbocycles. The second-order valence-corrected chi connectivity index (χ2v) is 4.08. The number of hydrogen-bond donors (Lipinski definition) is 1. The van der Waals surface area contributed by atoms with Crippen molar-refractivity contribution in [3.8, 4) is 0 Å². The smallest absolute Gasteiger partial charge is 0.330 e. The fourth-order valence-electron chi connectivity index (χ4n) is 1.91. The number of benzene rings is 1. The van der Waals surface area contributed by atoms with E-state index in [9.17, 15) is 17.6 Å². The third-order valence-electron chi connectivity index (χ3n) is 2.95. The van der Waals surface area contributed by atoms with E-state index in [4.69, 9.17) is 5.73 Å². The number of hydrogen-bond acceptors (Lipinski definition) is 1. The molecule has 1 fully saturated rings. The Morgan fingerprint density at radius 2 is 2.00 bits per heavy atom. The second-order valence-electron chi connectivity index (χ2n) is 4.08. The van der Waals surface area contributed by atoms with E-state index in [0.29, 0.717) is 12.1 Å². The lowest BCUT2D eigenvalue weighted by atomic mass is 10.1. The van der Waals surface area contributed by atoms with Crippen molar-refractivity contribution in [3.63, 3.8) is 0 Å². The molecule has 88 valence electrons. The molecule has 0 aliphatic heterocycles. The summed E-state index contributed by atoms with van der Waals surface area (Å²) < 4.78 is 50.1. The van der Waals surface area contributed by atoms with Crippen molar-refractivity contribution in [1.29, 1.82) is 0 Å². The fourth-order valence-corrected chi connectivity index (χ4v) is 1.91. The first-order valence-electron chi connectivity index (χ1n) is 5.00. The Morgan fingerprint density at radius 1 is 1.31 bits per heavy atom. The first kappa shape index (κ1) is 11.4. The number of halogens is 4. The molecule has 0 amide bonds. The molecule has 2 atom stereocenters. The van der Waals surface area contributed by atoms with Gasteiger partial charge < -0.3 is 5.73 Å². The Bertz CT molecular complexity index is 399. The summed E-state index contributed by atoms with van der Waals surface area (Å²) in [6.45, 7) is 0.493. The van der Waals surface area contributed by atoms with Gasteiger partial charge in [-0.1, -0.05) is 6.07 Å². The van der Waals surface area contributed by atoms with Crippen LogP contribution in [0.4, 0.5) is 17.6 Å². The molecule has 0 unspecified atom stereocenters. The predicted molar refractivity (Wildman–Crippen MR) is 51.3 cm³/mol. The lowest BCUT2D eigenvalue weighted by Crippen LogP contribution is -2.08. The lowest BCUT2D eigenvalue weighted by molar-refractivity contribution is -0.140. The third kappa shape index (κ3) is 2.04. The molecular formula is C11H11F4N. The number of nitrogens with two attached hydrogens (primary N) is 1. The second kappa shape index (κ2) is 3.73. The minimum atomic E-state index is -4.63. The normalized spacial score (nSPS) is 24.6. The maximum Gasteiger partial charge on any atom is 0.419 e. The molecule has 16 heavy (non-hydrogen) atoms. The Morgan fingerprint density at radius 3 is 2.44 bits per heavy atom. The molecule has 1 aliphatic rings. The molecular weight excluding hydrogens is 222 g/mol. The molecule has 0 heterocycles. The summed E-state index contributed by atoms with van der Waals surface area (Å²) in [5.41, 5.74) is 4.83. The fraction of sp³-hybridized carbons (Fsp3) is 0.455. The van der Waals surface area contributed by atoms with E-state index in [-0.39, 0.29) is 11.8 Å². The van der Waals surface area contributed by atoms with Gasteiger partial charge in [0.2, 0.25) is 0 Å². The van der Waals surface area contributed by atoms with Gasteiger partial charge in [-0.25, -0.2) is 4.39 Å². The van der Waals surface area contributed by atoms with Crippen LogP contribution in [0.1, 0.15) is 23.5 Å². The van der Waals surface area contributed by atoms with Gasteiger partial charge in [0.25, 0.3) is 0 Å². The molecule has 2 N–H and O–H groups in total. The van der Waals surface area contributed by atoms with Gasteiger partial charge in [-0.05, 0) is 42.5 Å². The maximum atomic E-state index is 13.2. The van der Waals surface area contributed by atoms with Crippen LogP contribution in [0, 0.1) is 11.7 Å². The highest BCUT2D eigenvalue weighted by atomic mass is 19.4. The first-order chi connectivity index (χ1) is 7.43. The highest BCUT2D eigenvalue weighted by molar-refractivity contribution is 5.32. The molecule has 0 spiro atoms. The van der Waals surface area contributed by atoms with Crippen molar-refractivity contribution in [2.45, 2.75) is 18.5 Å². The Labute approximate surface area is 90.3 Å². The first-order valence-corrected chi connectivity index (χ1v) is 5.00. The van der Waals surface area contributed by atoms with E-state index < -0.39 is 17.6 Å². The van der Waals surface area contributed by atoms with Crippen molar-refractivity contribution in [1.82, 2.24) is 0 Å². The molecule has 0 radical (unpaired) electrons. The van der Waals surface area contributed by atoms with Gasteiger partial charge in [-0.15, -0.1) is 0 Å². The van der Waals surface area contributed by atoms with Gasteiger partial charge in [0.05, 0.1) is 5.56 Å². The zero-order valence-electron chi connectivity index (χ0n) is 8.39. The summed E-state index contributed by atoms with van der Waals surface area (Å²) in [6.07, 6.45) is -3.79. The van der Waals surface area contributed by atoms with Crippen LogP contribution in [-0.4, -0.2) is 6.54 Å². The molecule has 1 aliphatic carbocycles. The monoisotopic (exact) mass is 233 g/mol. The number of alkyl halides is 3. The molecule has 1 nitrogen and oxygen atoms in total. The van der Waals surface area contributed by atoms with Gasteiger partial charge in [-0.3, -0.25) is 0 Å². The Kier molecular flexibility index (Phi) is 2.66. The summed E-state index contributed by atoms with van der Waals surface area (Å²) in [4.78, 5) is 0. The van der Waals surface area contributed by atoms with Crippen LogP contribution in [0.5, 0.6) is 0 Å². The van der Waals surface area contributed by atoms with Gasteiger partial charge in [0.1, 0.15) is 5.82 Å². The highest BCUT2D eigenvalue weighted by Crippen LogP contribution is 2.47. The molecule has 0 aromatic heterocycles. The maximum absolute atomic E-state index is 13.2. The van der Waals surface area contributed by atoms with E-state index in [0.717, 1.165) is 18.6 Å². The van der Waals surface area contributed by atoms with Crippen molar-refractivity contribution in [2.75, 3.05) is 6.54 Å². The van der Waals surface area contributed by atoms with Crippen LogP contribution in [0.2, 0.25) is 0 Å². The van der Waals surface area contributed by atoms with Crippen LogP contribution in [0.3, 0.4) is 0 Å². The van der Waals surface area contributed by atoms with Crippen LogP contribution in [0.15, 0.2) is 18.2 Å². The van der Waals surface area contributed by atoms with Crippen molar-refractivity contribution in [3.05, 3.63) is 35.1 Å². The van der Waals surface area contributed by atoms with Gasteiger partial charge >= 0.3 is 6.18 Å². The van der Waals surface area contributed by atoms with Gasteiger partial charge in [-0.2, -0.15) is 13.2 Å². The minimum Gasteiger partial charge on any atom is -0.330 e. The van der Waals surface area contributed by atoms with Crippen LogP contribution in [0.25, 0.3) is 0 Å². The molecule has 1 aromatic rings. The van der Waals surface area contributed by atoms with E-state index >= 15 is 0 Å². The van der Waals surface area contributed by atoms with E-state index in [1.807, 2.05) is 0 Å². The van der Waals surface area contributed by atoms with Crippen molar-refractivity contribution < 1.29 is 17.6 Å². The molecule has 5 heteroatoms. The van der Waals surface area contributed by atoms with Gasteiger partial charge in [0, 0.05) is 0 Å². The van der Waals surface area contributed by atoms with Crippen molar-refractivity contribution in [2.24, 2.45) is 11.7 Å². The van der Waals surface area contributed by atoms with Crippen molar-refractivity contribution >= 4 is 0 Å². The standard InChI is InChI=1S/C11H11F4N/c12-10-4-6(8-3-7(8)5-16)1-2-9(10)11(13,14)15/h1-2,4,7-8H,3,5,16H2/t7-,8-/m0/s1. The SMILES string of the molecule is NC[C@@H]1C[C@H]1c1ccc(C(F)(F)F)c(F)c1. The van der Waals surface area contributed by atoms with E-state index in [1.54, 1.807) is 0 Å². The molecule has 1 saturated carbocycles. The Hall–Kier alpha value is -1.10. The van der Waals surface area contributed by atoms with E-state index in [2.05, 4.69) is 0 Å². The molecule has 2 rings (SSSR count). The van der Waals surface area contributed by atoms with Crippen LogP contribution in [-0.2, 0) is 6.18 Å². The van der Waals surface area contributed by atoms with Gasteiger partial charge in [0.15, 0.2) is 0 Å². The largest absolute Gasteiger partial charge is 0.419 e. The molecule has 0 saturated heterocycles. The Balaban J connectivity index is 2.24. The lowest BCUT2D eigenvalue weighted by Gasteiger charge is -2.09. The zero-order chi connectivity index (χ0) is 11.9. The predicted octanol–water partition coefficient (Wildman–Crippen LogP) is 2.91. The topological polar surface area (TPSA) is 26.0 Å². The summed E-state index contributed by atoms with van der Waals surface area (Å²) in [7, 11) is 0. The summed E-state index contributed by atoms with van der Waals surface area (Å²) >= 11 is 0.